The summed E-state index contributed by atoms with van der Waals surface area (Å²) in [6, 6.07) is 10.1. The van der Waals surface area contributed by atoms with Crippen molar-refractivity contribution in [2.45, 2.75) is 19.4 Å². The Hall–Kier alpha value is -2.18. The van der Waals surface area contributed by atoms with Gasteiger partial charge in [0.25, 0.3) is 6.43 Å². The van der Waals surface area contributed by atoms with Crippen LogP contribution in [-0.4, -0.2) is 24.6 Å². The van der Waals surface area contributed by atoms with Crippen LogP contribution in [0.4, 0.5) is 13.2 Å². The van der Waals surface area contributed by atoms with Gasteiger partial charge in [0, 0.05) is 23.6 Å². The van der Waals surface area contributed by atoms with E-state index < -0.39 is 18.8 Å². The van der Waals surface area contributed by atoms with E-state index in [0.29, 0.717) is 25.3 Å². The van der Waals surface area contributed by atoms with Crippen LogP contribution in [-0.2, 0) is 13.0 Å². The van der Waals surface area contributed by atoms with Gasteiger partial charge in [0.2, 0.25) is 0 Å². The van der Waals surface area contributed by atoms with Gasteiger partial charge in [-0.2, -0.15) is 0 Å². The van der Waals surface area contributed by atoms with E-state index in [2.05, 4.69) is 10.3 Å². The maximum atomic E-state index is 13.6. The monoisotopic (exact) mass is 382 g/mol. The summed E-state index contributed by atoms with van der Waals surface area (Å²) in [5.74, 6) is -0.0119. The molecule has 26 heavy (non-hydrogen) atoms. The molecule has 0 amide bonds. The Morgan fingerprint density at radius 1 is 1.19 bits per heavy atom. The van der Waals surface area contributed by atoms with Crippen LogP contribution in [0.5, 0.6) is 5.75 Å². The fourth-order valence-corrected chi connectivity index (χ4v) is 2.91. The number of aromatic nitrogens is 1. The predicted molar refractivity (Wildman–Crippen MR) is 96.6 cm³/mol. The van der Waals surface area contributed by atoms with Crippen molar-refractivity contribution < 1.29 is 17.9 Å². The number of hydrogen-bond donors (Lipinski definition) is 2. The first kappa shape index (κ1) is 18.6. The van der Waals surface area contributed by atoms with E-state index in [-0.39, 0.29) is 5.02 Å². The normalized spacial score (nSPS) is 11.4. The van der Waals surface area contributed by atoms with E-state index in [0.717, 1.165) is 22.0 Å². The molecule has 0 aliphatic rings. The minimum absolute atomic E-state index is 0.0953. The molecule has 3 rings (SSSR count). The smallest absolute Gasteiger partial charge is 0.272 e. The number of ether oxygens (including phenoxy) is 1. The number of H-pyrrole nitrogens is 1. The van der Waals surface area contributed by atoms with Gasteiger partial charge in [-0.05, 0) is 48.4 Å². The highest BCUT2D eigenvalue weighted by molar-refractivity contribution is 6.31. The number of alkyl halides is 2. The molecule has 0 unspecified atom stereocenters. The minimum atomic E-state index is -2.49. The van der Waals surface area contributed by atoms with Crippen molar-refractivity contribution in [3.63, 3.8) is 0 Å². The number of aromatic amines is 1. The first-order valence-electron chi connectivity index (χ1n) is 8.18. The number of benzene rings is 2. The molecule has 2 N–H and O–H groups in total. The second-order valence-electron chi connectivity index (χ2n) is 5.90. The summed E-state index contributed by atoms with van der Waals surface area (Å²) in [6.07, 6.45) is 0.0662. The van der Waals surface area contributed by atoms with Crippen LogP contribution in [0.15, 0.2) is 42.6 Å². The molecule has 7 heteroatoms. The molecule has 0 bridgehead atoms. The van der Waals surface area contributed by atoms with E-state index in [1.807, 2.05) is 12.3 Å². The van der Waals surface area contributed by atoms with Crippen LogP contribution >= 0.6 is 11.6 Å². The lowest BCUT2D eigenvalue weighted by Crippen LogP contribution is -2.16. The van der Waals surface area contributed by atoms with Gasteiger partial charge in [0.1, 0.15) is 18.2 Å². The highest BCUT2D eigenvalue weighted by Crippen LogP contribution is 2.25. The third kappa shape index (κ3) is 4.71. The largest absolute Gasteiger partial charge is 0.488 e. The number of halogens is 4. The van der Waals surface area contributed by atoms with Gasteiger partial charge in [-0.1, -0.05) is 23.7 Å². The molecule has 3 nitrogen and oxygen atoms in total. The molecule has 1 aromatic heterocycles. The van der Waals surface area contributed by atoms with Gasteiger partial charge < -0.3 is 15.0 Å². The van der Waals surface area contributed by atoms with Crippen molar-refractivity contribution in [1.29, 1.82) is 0 Å². The number of fused-ring (bicyclic) bond motifs is 1. The van der Waals surface area contributed by atoms with Crippen LogP contribution in [0.25, 0.3) is 10.9 Å². The summed E-state index contributed by atoms with van der Waals surface area (Å²) in [5, 5.41) is 4.20. The second-order valence-corrected chi connectivity index (χ2v) is 6.31. The number of nitrogens with one attached hydrogen (secondary N) is 2. The van der Waals surface area contributed by atoms with Gasteiger partial charge in [0.05, 0.1) is 5.02 Å². The van der Waals surface area contributed by atoms with Crippen molar-refractivity contribution in [2.24, 2.45) is 0 Å². The lowest BCUT2D eigenvalue weighted by molar-refractivity contribution is 0.0818. The fraction of sp³-hybridized carbons (Fsp3) is 0.263. The Morgan fingerprint density at radius 2 is 2.04 bits per heavy atom. The molecule has 0 aliphatic heterocycles. The third-order valence-corrected chi connectivity index (χ3v) is 4.27. The van der Waals surface area contributed by atoms with Gasteiger partial charge in [-0.15, -0.1) is 0 Å². The summed E-state index contributed by atoms with van der Waals surface area (Å²) in [7, 11) is 0. The van der Waals surface area contributed by atoms with Crippen molar-refractivity contribution >= 4 is 22.5 Å². The first-order chi connectivity index (χ1) is 12.5. The average Bonchev–Trinajstić information content (AvgIpc) is 2.99. The molecule has 0 saturated carbocycles. The predicted octanol–water partition coefficient (Wildman–Crippen LogP) is 4.94. The van der Waals surface area contributed by atoms with Crippen LogP contribution in [0.2, 0.25) is 5.02 Å². The zero-order chi connectivity index (χ0) is 18.5. The highest BCUT2D eigenvalue weighted by Gasteiger charge is 2.08. The summed E-state index contributed by atoms with van der Waals surface area (Å²) >= 11 is 5.78. The zero-order valence-corrected chi connectivity index (χ0v) is 14.6. The summed E-state index contributed by atoms with van der Waals surface area (Å²) < 4.78 is 43.0. The Labute approximate surface area is 154 Å². The van der Waals surface area contributed by atoms with E-state index in [1.54, 1.807) is 24.3 Å². The molecule has 0 fully saturated rings. The SMILES string of the molecule is Fc1cc2c(CCNCc3cccc(OCC(F)F)c3)c[nH]c2cc1Cl. The summed E-state index contributed by atoms with van der Waals surface area (Å²) in [4.78, 5) is 3.09. The Morgan fingerprint density at radius 3 is 2.85 bits per heavy atom. The van der Waals surface area contributed by atoms with Crippen LogP contribution in [0.3, 0.4) is 0 Å². The highest BCUT2D eigenvalue weighted by atomic mass is 35.5. The molecule has 3 aromatic rings. The molecule has 2 aromatic carbocycles. The summed E-state index contributed by atoms with van der Waals surface area (Å²) in [5.41, 5.74) is 2.74. The van der Waals surface area contributed by atoms with Gasteiger partial charge in [-0.25, -0.2) is 13.2 Å². The van der Waals surface area contributed by atoms with Gasteiger partial charge in [0.15, 0.2) is 0 Å². The van der Waals surface area contributed by atoms with Crippen molar-refractivity contribution in [1.82, 2.24) is 10.3 Å². The van der Waals surface area contributed by atoms with E-state index >= 15 is 0 Å². The standard InChI is InChI=1S/C19H18ClF3N2O/c20-16-8-18-15(7-17(16)21)13(10-25-18)4-5-24-9-12-2-1-3-14(6-12)26-11-19(22)23/h1-3,6-8,10,19,24-25H,4-5,9,11H2. The zero-order valence-electron chi connectivity index (χ0n) is 13.9. The molecule has 0 spiro atoms. The average molecular weight is 383 g/mol. The van der Waals surface area contributed by atoms with Crippen LogP contribution in [0, 0.1) is 5.82 Å². The van der Waals surface area contributed by atoms with Crippen LogP contribution < -0.4 is 10.1 Å². The van der Waals surface area contributed by atoms with Crippen LogP contribution in [0.1, 0.15) is 11.1 Å². The molecule has 0 saturated heterocycles. The lowest BCUT2D eigenvalue weighted by atomic mass is 10.1. The molecular weight excluding hydrogens is 365 g/mol. The van der Waals surface area contributed by atoms with Crippen molar-refractivity contribution in [3.05, 3.63) is 64.6 Å². The maximum Gasteiger partial charge on any atom is 0.272 e. The Balaban J connectivity index is 1.53. The Kier molecular flexibility index (Phi) is 6.06. The fourth-order valence-electron chi connectivity index (χ4n) is 2.74. The molecule has 1 heterocycles. The van der Waals surface area contributed by atoms with Gasteiger partial charge >= 0.3 is 0 Å². The van der Waals surface area contributed by atoms with E-state index in [9.17, 15) is 13.2 Å². The van der Waals surface area contributed by atoms with E-state index in [4.69, 9.17) is 16.3 Å². The van der Waals surface area contributed by atoms with Crippen molar-refractivity contribution in [2.75, 3.05) is 13.2 Å². The molecular formula is C19H18ClF3N2O. The number of hydrogen-bond acceptors (Lipinski definition) is 2. The maximum absolute atomic E-state index is 13.6. The first-order valence-corrected chi connectivity index (χ1v) is 8.56. The Bertz CT molecular complexity index is 882. The quantitative estimate of drug-likeness (QED) is 0.542. The topological polar surface area (TPSA) is 37.0 Å². The third-order valence-electron chi connectivity index (χ3n) is 3.98. The molecule has 138 valence electrons. The molecule has 0 aliphatic carbocycles. The number of rotatable bonds is 8. The second kappa shape index (κ2) is 8.47. The van der Waals surface area contributed by atoms with Gasteiger partial charge in [-0.3, -0.25) is 0 Å². The molecule has 0 atom stereocenters. The lowest BCUT2D eigenvalue weighted by Gasteiger charge is -2.08. The minimum Gasteiger partial charge on any atom is -0.488 e. The summed E-state index contributed by atoms with van der Waals surface area (Å²) in [6.45, 7) is 0.645. The van der Waals surface area contributed by atoms with Crippen molar-refractivity contribution in [3.8, 4) is 5.75 Å². The van der Waals surface area contributed by atoms with E-state index in [1.165, 1.54) is 6.07 Å². The molecule has 0 radical (unpaired) electrons.